The van der Waals surface area contributed by atoms with E-state index in [1.54, 1.807) is 0 Å². The van der Waals surface area contributed by atoms with Gasteiger partial charge in [0.05, 0.1) is 11.4 Å². The molecule has 5 atom stereocenters. The summed E-state index contributed by atoms with van der Waals surface area (Å²) in [5.74, 6) is 1.25. The van der Waals surface area contributed by atoms with E-state index in [1.165, 1.54) is 16.7 Å². The van der Waals surface area contributed by atoms with Gasteiger partial charge in [-0.1, -0.05) is 170 Å². The molecule has 0 saturated heterocycles. The van der Waals surface area contributed by atoms with Gasteiger partial charge < -0.3 is 16.2 Å². The van der Waals surface area contributed by atoms with Crippen LogP contribution in [-0.2, 0) is 4.74 Å². The van der Waals surface area contributed by atoms with E-state index in [1.807, 2.05) is 60.7 Å². The Labute approximate surface area is 299 Å². The summed E-state index contributed by atoms with van der Waals surface area (Å²) in [6, 6.07) is 40.8. The average molecular weight is 665 g/mol. The second kappa shape index (κ2) is 14.6. The number of hydrogen-bond donors (Lipinski definition) is 2. The molecule has 3 aliphatic rings. The van der Waals surface area contributed by atoms with Gasteiger partial charge in [-0.25, -0.2) is 9.97 Å². The summed E-state index contributed by atoms with van der Waals surface area (Å²) in [5.41, 5.74) is 23.8. The van der Waals surface area contributed by atoms with Gasteiger partial charge in [0.15, 0.2) is 5.82 Å². The number of nitrogens with two attached hydrogens (primary N) is 2. The maximum atomic E-state index is 6.81. The van der Waals surface area contributed by atoms with Gasteiger partial charge >= 0.3 is 0 Å². The van der Waals surface area contributed by atoms with E-state index < -0.39 is 12.5 Å². The van der Waals surface area contributed by atoms with Crippen LogP contribution < -0.4 is 11.5 Å². The van der Waals surface area contributed by atoms with E-state index in [0.29, 0.717) is 0 Å². The molecule has 0 radical (unpaired) electrons. The van der Waals surface area contributed by atoms with Crippen LogP contribution >= 0.6 is 0 Å². The Hall–Kier alpha value is -5.72. The molecule has 5 nitrogen and oxygen atoms in total. The molecular weight excluding hydrogens is 625 g/mol. The maximum Gasteiger partial charge on any atom is 0.160 e. The van der Waals surface area contributed by atoms with Crippen molar-refractivity contribution in [1.82, 2.24) is 9.97 Å². The predicted octanol–water partition coefficient (Wildman–Crippen LogP) is 9.78. The number of rotatable bonds is 9. The Kier molecular flexibility index (Phi) is 9.32. The van der Waals surface area contributed by atoms with Crippen LogP contribution in [0.5, 0.6) is 0 Å². The zero-order valence-electron chi connectivity index (χ0n) is 28.3. The van der Waals surface area contributed by atoms with Crippen molar-refractivity contribution < 1.29 is 4.74 Å². The van der Waals surface area contributed by atoms with Crippen molar-refractivity contribution in [3.05, 3.63) is 204 Å². The van der Waals surface area contributed by atoms with Crippen molar-refractivity contribution in [2.45, 2.75) is 18.9 Å². The van der Waals surface area contributed by atoms with Crippen LogP contribution in [0.3, 0.4) is 0 Å². The van der Waals surface area contributed by atoms with Crippen molar-refractivity contribution in [1.29, 1.82) is 0 Å². The van der Waals surface area contributed by atoms with Crippen LogP contribution in [0.2, 0.25) is 0 Å². The lowest BCUT2D eigenvalue weighted by molar-refractivity contribution is -0.00848. The first-order chi connectivity index (χ1) is 25.1. The molecule has 4 N–H and O–H groups in total. The minimum Gasteiger partial charge on any atom is -0.337 e. The number of benzene rings is 4. The monoisotopic (exact) mass is 664 g/mol. The van der Waals surface area contributed by atoms with Crippen LogP contribution in [0.15, 0.2) is 182 Å². The fourth-order valence-electron chi connectivity index (χ4n) is 7.51. The molecule has 0 saturated carbocycles. The van der Waals surface area contributed by atoms with Gasteiger partial charge in [-0.3, -0.25) is 0 Å². The Morgan fingerprint density at radius 1 is 0.627 bits per heavy atom. The van der Waals surface area contributed by atoms with Gasteiger partial charge in [-0.05, 0) is 46.3 Å². The van der Waals surface area contributed by atoms with Gasteiger partial charge in [-0.15, -0.1) is 0 Å². The Morgan fingerprint density at radius 2 is 1.31 bits per heavy atom. The fraction of sp³-hybridized carbons (Fsp3) is 0.130. The van der Waals surface area contributed by atoms with Gasteiger partial charge in [0.25, 0.3) is 0 Å². The molecular formula is C46H40N4O. The Morgan fingerprint density at radius 3 is 2.10 bits per heavy atom. The summed E-state index contributed by atoms with van der Waals surface area (Å²) >= 11 is 0. The summed E-state index contributed by atoms with van der Waals surface area (Å²) in [5, 5.41) is 0. The Balaban J connectivity index is 1.15. The molecule has 8 rings (SSSR count). The lowest BCUT2D eigenvalue weighted by atomic mass is 9.65. The van der Waals surface area contributed by atoms with E-state index in [4.69, 9.17) is 26.2 Å². The first-order valence-electron chi connectivity index (χ1n) is 17.6. The molecule has 250 valence electrons. The topological polar surface area (TPSA) is 87.0 Å². The van der Waals surface area contributed by atoms with Crippen molar-refractivity contribution >= 4 is 11.1 Å². The Bertz CT molecular complexity index is 2140. The summed E-state index contributed by atoms with van der Waals surface area (Å²) in [6.07, 6.45) is 19.6. The summed E-state index contributed by atoms with van der Waals surface area (Å²) in [4.78, 5) is 10.2. The molecule has 51 heavy (non-hydrogen) atoms. The van der Waals surface area contributed by atoms with Gasteiger partial charge in [0, 0.05) is 28.5 Å². The standard InChI is InChI=1S/C46H40N4O/c47-44(33-18-6-2-7-19-33)51-45(48)40-26-13-12-25-38(40)39-28-27-31-15-10-11-24-37(31)43(39)36-23-14-22-35(29-36)42-30-41(32-16-4-1-5-17-32)49-46(50-42)34-20-8-3-9-21-34/h1-28,30,36-37,43-45H,29,47-48H2. The van der Waals surface area contributed by atoms with Crippen molar-refractivity contribution in [2.75, 3.05) is 0 Å². The van der Waals surface area contributed by atoms with Gasteiger partial charge in [0.1, 0.15) is 12.5 Å². The van der Waals surface area contributed by atoms with Gasteiger partial charge in [0.2, 0.25) is 0 Å². The maximum absolute atomic E-state index is 6.81. The minimum absolute atomic E-state index is 0.145. The molecule has 5 aromatic rings. The number of nitrogens with zero attached hydrogens (tertiary/aromatic N) is 2. The number of fused-ring (bicyclic) bond motifs is 1. The van der Waals surface area contributed by atoms with E-state index in [0.717, 1.165) is 51.5 Å². The quantitative estimate of drug-likeness (QED) is 0.153. The van der Waals surface area contributed by atoms with Crippen molar-refractivity contribution in [3.63, 3.8) is 0 Å². The molecule has 4 aromatic carbocycles. The van der Waals surface area contributed by atoms with E-state index in [9.17, 15) is 0 Å². The zero-order chi connectivity index (χ0) is 34.6. The highest BCUT2D eigenvalue weighted by molar-refractivity contribution is 5.77. The van der Waals surface area contributed by atoms with Crippen LogP contribution in [0.4, 0.5) is 0 Å². The molecule has 0 bridgehead atoms. The second-order valence-electron chi connectivity index (χ2n) is 13.2. The minimum atomic E-state index is -0.712. The molecule has 3 aliphatic carbocycles. The van der Waals surface area contributed by atoms with Crippen LogP contribution in [0.1, 0.15) is 41.3 Å². The third kappa shape index (κ3) is 6.88. The molecule has 0 spiro atoms. The lowest BCUT2D eigenvalue weighted by Gasteiger charge is -2.39. The normalized spacial score (nSPS) is 20.5. The molecule has 0 aliphatic heterocycles. The first kappa shape index (κ1) is 32.5. The van der Waals surface area contributed by atoms with E-state index >= 15 is 0 Å². The van der Waals surface area contributed by atoms with Crippen molar-refractivity contribution in [2.24, 2.45) is 29.2 Å². The van der Waals surface area contributed by atoms with Crippen LogP contribution in [0, 0.1) is 17.8 Å². The van der Waals surface area contributed by atoms with Crippen molar-refractivity contribution in [3.8, 4) is 22.6 Å². The highest BCUT2D eigenvalue weighted by Crippen LogP contribution is 2.48. The molecule has 1 aromatic heterocycles. The molecule has 5 unspecified atom stereocenters. The number of ether oxygens (including phenoxy) is 1. The lowest BCUT2D eigenvalue weighted by Crippen LogP contribution is -2.29. The number of aromatic nitrogens is 2. The molecule has 1 heterocycles. The first-order valence-corrected chi connectivity index (χ1v) is 17.6. The number of hydrogen-bond acceptors (Lipinski definition) is 5. The summed E-state index contributed by atoms with van der Waals surface area (Å²) in [7, 11) is 0. The third-order valence-corrected chi connectivity index (χ3v) is 10.0. The fourth-order valence-corrected chi connectivity index (χ4v) is 7.51. The zero-order valence-corrected chi connectivity index (χ0v) is 28.3. The van der Waals surface area contributed by atoms with E-state index in [2.05, 4.69) is 115 Å². The predicted molar refractivity (Wildman–Crippen MR) is 207 cm³/mol. The molecule has 0 fully saturated rings. The summed E-state index contributed by atoms with van der Waals surface area (Å²) < 4.78 is 6.26. The molecule has 0 amide bonds. The van der Waals surface area contributed by atoms with E-state index in [-0.39, 0.29) is 17.8 Å². The highest BCUT2D eigenvalue weighted by atomic mass is 16.5. The summed E-state index contributed by atoms with van der Waals surface area (Å²) in [6.45, 7) is 0. The highest BCUT2D eigenvalue weighted by Gasteiger charge is 2.37. The third-order valence-electron chi connectivity index (χ3n) is 10.0. The van der Waals surface area contributed by atoms with Crippen LogP contribution in [-0.4, -0.2) is 9.97 Å². The van der Waals surface area contributed by atoms with Gasteiger partial charge in [-0.2, -0.15) is 0 Å². The average Bonchev–Trinajstić information content (AvgIpc) is 3.21. The van der Waals surface area contributed by atoms with Crippen LogP contribution in [0.25, 0.3) is 33.8 Å². The second-order valence-corrected chi connectivity index (χ2v) is 13.2. The SMILES string of the molecule is NC(OC(N)c1ccccc1C1=CC=C2C=CC=CC2C1C1C=CC=C(c2cc(-c3ccccc3)nc(-c3ccccc3)n2)C1)c1ccccc1. The molecule has 5 heteroatoms. The smallest absolute Gasteiger partial charge is 0.160 e. The largest absolute Gasteiger partial charge is 0.337 e. The number of allylic oxidation sites excluding steroid dienone is 12.